The van der Waals surface area contributed by atoms with Gasteiger partial charge in [0.25, 0.3) is 0 Å². The molecule has 0 radical (unpaired) electrons. The molecule has 7 heteroatoms. The van der Waals surface area contributed by atoms with Crippen LogP contribution in [0.15, 0.2) is 0 Å². The molecule has 0 spiro atoms. The summed E-state index contributed by atoms with van der Waals surface area (Å²) in [4.78, 5) is 17.4. The van der Waals surface area contributed by atoms with Crippen LogP contribution in [-0.2, 0) is 4.74 Å². The van der Waals surface area contributed by atoms with Crippen LogP contribution in [0.2, 0.25) is 0 Å². The molecule has 6 nitrogen and oxygen atoms in total. The molecule has 0 saturated carbocycles. The molecule has 0 bridgehead atoms. The van der Waals surface area contributed by atoms with Gasteiger partial charge in [0.05, 0.1) is 7.11 Å². The number of amides is 1. The van der Waals surface area contributed by atoms with Crippen LogP contribution in [0.4, 0.5) is 9.93 Å². The Labute approximate surface area is 104 Å². The van der Waals surface area contributed by atoms with E-state index in [0.717, 1.165) is 30.3 Å². The first-order valence-electron chi connectivity index (χ1n) is 5.59. The van der Waals surface area contributed by atoms with E-state index in [1.165, 1.54) is 18.6 Å². The third-order valence-electron chi connectivity index (χ3n) is 2.71. The normalized spacial score (nSPS) is 20.1. The number of methoxy groups -OCH3 is 1. The molecular weight excluding hydrogens is 240 g/mol. The number of ether oxygens (including phenoxy) is 1. The van der Waals surface area contributed by atoms with Gasteiger partial charge in [0.15, 0.2) is 0 Å². The highest BCUT2D eigenvalue weighted by molar-refractivity contribution is 7.09. The van der Waals surface area contributed by atoms with Crippen LogP contribution < -0.4 is 5.32 Å². The van der Waals surface area contributed by atoms with Crippen molar-refractivity contribution in [2.45, 2.75) is 25.8 Å². The molecule has 1 atom stereocenters. The highest BCUT2D eigenvalue weighted by Gasteiger charge is 2.24. The molecule has 1 aliphatic heterocycles. The summed E-state index contributed by atoms with van der Waals surface area (Å²) in [6.45, 7) is 3.29. The lowest BCUT2D eigenvalue weighted by Gasteiger charge is -2.31. The second-order valence-electron chi connectivity index (χ2n) is 4.05. The highest BCUT2D eigenvalue weighted by Crippen LogP contribution is 2.17. The zero-order valence-corrected chi connectivity index (χ0v) is 10.8. The van der Waals surface area contributed by atoms with E-state index in [0.29, 0.717) is 6.54 Å². The first-order valence-corrected chi connectivity index (χ1v) is 6.36. The minimum atomic E-state index is -0.259. The lowest BCUT2D eigenvalue weighted by Crippen LogP contribution is -2.45. The largest absolute Gasteiger partial charge is 0.453 e. The summed E-state index contributed by atoms with van der Waals surface area (Å²) in [7, 11) is 1.41. The minimum absolute atomic E-state index is 0.232. The van der Waals surface area contributed by atoms with E-state index >= 15 is 0 Å². The summed E-state index contributed by atoms with van der Waals surface area (Å²) in [6, 6.07) is 0.232. The lowest BCUT2D eigenvalue weighted by atomic mass is 10.1. The third-order valence-corrected chi connectivity index (χ3v) is 3.45. The molecule has 17 heavy (non-hydrogen) atoms. The number of nitrogens with one attached hydrogen (secondary N) is 1. The predicted molar refractivity (Wildman–Crippen MR) is 65.3 cm³/mol. The number of likely N-dealkylation sites (tertiary alicyclic amines) is 1. The second kappa shape index (κ2) is 5.31. The van der Waals surface area contributed by atoms with Crippen LogP contribution in [0.25, 0.3) is 0 Å². The number of hydrogen-bond acceptors (Lipinski definition) is 6. The fraction of sp³-hybridized carbons (Fsp3) is 0.700. The van der Waals surface area contributed by atoms with Gasteiger partial charge in [-0.05, 0) is 19.8 Å². The summed E-state index contributed by atoms with van der Waals surface area (Å²) >= 11 is 1.35. The topological polar surface area (TPSA) is 67.3 Å². The van der Waals surface area contributed by atoms with Crippen molar-refractivity contribution < 1.29 is 9.53 Å². The molecule has 1 aromatic heterocycles. The number of hydrogen-bond donors (Lipinski definition) is 1. The summed E-state index contributed by atoms with van der Waals surface area (Å²) < 4.78 is 8.84. The molecule has 1 N–H and O–H groups in total. The average molecular weight is 256 g/mol. The maximum Gasteiger partial charge on any atom is 0.409 e. The number of piperidine rings is 1. The quantitative estimate of drug-likeness (QED) is 0.868. The van der Waals surface area contributed by atoms with Crippen molar-refractivity contribution in [3.05, 3.63) is 5.82 Å². The monoisotopic (exact) mass is 256 g/mol. The van der Waals surface area contributed by atoms with E-state index in [4.69, 9.17) is 4.74 Å². The van der Waals surface area contributed by atoms with Gasteiger partial charge < -0.3 is 15.0 Å². The van der Waals surface area contributed by atoms with Crippen LogP contribution in [0.5, 0.6) is 0 Å². The zero-order valence-electron chi connectivity index (χ0n) is 9.97. The SMILES string of the molecule is COC(=O)N1CCC[C@H](Nc2nc(C)ns2)C1. The Morgan fingerprint density at radius 3 is 3.12 bits per heavy atom. The standard InChI is InChI=1S/C10H16N4O2S/c1-7-11-9(17-13-7)12-8-4-3-5-14(6-8)10(15)16-2/h8H,3-6H2,1-2H3,(H,11,12,13)/t8-/m0/s1. The summed E-state index contributed by atoms with van der Waals surface area (Å²) in [5.41, 5.74) is 0. The molecule has 1 saturated heterocycles. The van der Waals surface area contributed by atoms with E-state index in [1.807, 2.05) is 6.92 Å². The summed E-state index contributed by atoms with van der Waals surface area (Å²) in [6.07, 6.45) is 1.75. The average Bonchev–Trinajstić information content (AvgIpc) is 2.74. The molecular formula is C10H16N4O2S. The van der Waals surface area contributed by atoms with E-state index in [-0.39, 0.29) is 12.1 Å². The first kappa shape index (κ1) is 12.1. The molecule has 0 aromatic carbocycles. The molecule has 2 heterocycles. The molecule has 1 aromatic rings. The lowest BCUT2D eigenvalue weighted by molar-refractivity contribution is 0.113. The first-order chi connectivity index (χ1) is 8.19. The Kier molecular flexibility index (Phi) is 3.78. The van der Waals surface area contributed by atoms with Crippen molar-refractivity contribution in [1.82, 2.24) is 14.3 Å². The van der Waals surface area contributed by atoms with Gasteiger partial charge in [-0.2, -0.15) is 4.37 Å². The smallest absolute Gasteiger partial charge is 0.409 e. The van der Waals surface area contributed by atoms with Gasteiger partial charge >= 0.3 is 6.09 Å². The molecule has 1 fully saturated rings. The van der Waals surface area contributed by atoms with Crippen molar-refractivity contribution >= 4 is 22.8 Å². The number of nitrogens with zero attached hydrogens (tertiary/aromatic N) is 3. The second-order valence-corrected chi connectivity index (χ2v) is 4.80. The fourth-order valence-electron chi connectivity index (χ4n) is 1.92. The highest BCUT2D eigenvalue weighted by atomic mass is 32.1. The fourth-order valence-corrected chi connectivity index (χ4v) is 2.57. The van der Waals surface area contributed by atoms with Gasteiger partial charge in [-0.25, -0.2) is 9.78 Å². The van der Waals surface area contributed by atoms with E-state index in [1.54, 1.807) is 4.90 Å². The predicted octanol–water partition coefficient (Wildman–Crippen LogP) is 1.49. The minimum Gasteiger partial charge on any atom is -0.453 e. The molecule has 2 rings (SSSR count). The van der Waals surface area contributed by atoms with Crippen LogP contribution >= 0.6 is 11.5 Å². The Bertz CT molecular complexity index is 395. The molecule has 0 aliphatic carbocycles. The van der Waals surface area contributed by atoms with E-state index in [2.05, 4.69) is 14.7 Å². The molecule has 1 aliphatic rings. The van der Waals surface area contributed by atoms with Crippen LogP contribution in [-0.4, -0.2) is 46.6 Å². The number of carbonyl (C=O) groups is 1. The van der Waals surface area contributed by atoms with E-state index < -0.39 is 0 Å². The Morgan fingerprint density at radius 1 is 1.65 bits per heavy atom. The van der Waals surface area contributed by atoms with E-state index in [9.17, 15) is 4.79 Å². The van der Waals surface area contributed by atoms with Gasteiger partial charge in [0.1, 0.15) is 5.82 Å². The third kappa shape index (κ3) is 3.06. The van der Waals surface area contributed by atoms with Gasteiger partial charge in [-0.15, -0.1) is 0 Å². The van der Waals surface area contributed by atoms with Gasteiger partial charge in [0.2, 0.25) is 5.13 Å². The van der Waals surface area contributed by atoms with Crippen LogP contribution in [0.1, 0.15) is 18.7 Å². The van der Waals surface area contributed by atoms with Crippen molar-refractivity contribution in [1.29, 1.82) is 0 Å². The molecule has 94 valence electrons. The maximum absolute atomic E-state index is 11.4. The molecule has 1 amide bonds. The van der Waals surface area contributed by atoms with Gasteiger partial charge in [0, 0.05) is 30.7 Å². The Morgan fingerprint density at radius 2 is 2.47 bits per heavy atom. The number of aromatic nitrogens is 2. The van der Waals surface area contributed by atoms with Crippen LogP contribution in [0, 0.1) is 6.92 Å². The summed E-state index contributed by atoms with van der Waals surface area (Å²) in [5, 5.41) is 4.12. The number of rotatable bonds is 2. The van der Waals surface area contributed by atoms with Gasteiger partial charge in [-0.3, -0.25) is 0 Å². The van der Waals surface area contributed by atoms with Crippen molar-refractivity contribution in [2.24, 2.45) is 0 Å². The number of carbonyl (C=O) groups excluding carboxylic acids is 1. The number of aryl methyl sites for hydroxylation is 1. The zero-order chi connectivity index (χ0) is 12.3. The maximum atomic E-state index is 11.4. The number of anilines is 1. The Hall–Kier alpha value is -1.37. The Balaban J connectivity index is 1.91. The van der Waals surface area contributed by atoms with Crippen molar-refractivity contribution in [3.8, 4) is 0 Å². The van der Waals surface area contributed by atoms with Gasteiger partial charge in [-0.1, -0.05) is 0 Å². The van der Waals surface area contributed by atoms with Crippen molar-refractivity contribution in [2.75, 3.05) is 25.5 Å². The summed E-state index contributed by atoms with van der Waals surface area (Å²) in [5.74, 6) is 0.776. The van der Waals surface area contributed by atoms with Crippen LogP contribution in [0.3, 0.4) is 0 Å². The van der Waals surface area contributed by atoms with Crippen molar-refractivity contribution in [3.63, 3.8) is 0 Å². The molecule has 0 unspecified atom stereocenters.